The smallest absolute Gasteiger partial charge is 0.182 e. The van der Waals surface area contributed by atoms with Gasteiger partial charge >= 0.3 is 0 Å². The number of anilines is 1. The number of aromatic nitrogens is 4. The van der Waals surface area contributed by atoms with E-state index in [1.165, 1.54) is 12.1 Å². The number of nitrogens with two attached hydrogens (primary N) is 1. The largest absolute Gasteiger partial charge is 0.396 e. The second-order valence-corrected chi connectivity index (χ2v) is 3.97. The maximum atomic E-state index is 13.4. The summed E-state index contributed by atoms with van der Waals surface area (Å²) in [5, 5.41) is 11.3. The molecule has 18 heavy (non-hydrogen) atoms. The number of methoxy groups -OCH3 is 1. The van der Waals surface area contributed by atoms with E-state index in [4.69, 9.17) is 10.5 Å². The van der Waals surface area contributed by atoms with Gasteiger partial charge in [0.15, 0.2) is 5.82 Å². The van der Waals surface area contributed by atoms with Gasteiger partial charge in [-0.3, -0.25) is 0 Å². The Labute approximate surface area is 104 Å². The van der Waals surface area contributed by atoms with Crippen molar-refractivity contribution in [3.05, 3.63) is 24.0 Å². The topological polar surface area (TPSA) is 78.8 Å². The van der Waals surface area contributed by atoms with E-state index in [9.17, 15) is 4.39 Å². The van der Waals surface area contributed by atoms with Crippen LogP contribution in [0.25, 0.3) is 11.4 Å². The van der Waals surface area contributed by atoms with Gasteiger partial charge in [-0.1, -0.05) is 0 Å². The van der Waals surface area contributed by atoms with Crippen molar-refractivity contribution in [2.24, 2.45) is 0 Å². The molecule has 2 N–H and O–H groups in total. The van der Waals surface area contributed by atoms with Gasteiger partial charge in [-0.25, -0.2) is 9.07 Å². The van der Waals surface area contributed by atoms with Crippen molar-refractivity contribution in [2.75, 3.05) is 12.8 Å². The molecule has 0 aliphatic rings. The van der Waals surface area contributed by atoms with Crippen molar-refractivity contribution < 1.29 is 9.13 Å². The SMILES string of the molecule is COC(C)Cn1nnnc1-c1ccc(N)c(F)c1. The van der Waals surface area contributed by atoms with E-state index in [1.54, 1.807) is 17.9 Å². The minimum absolute atomic E-state index is 0.0362. The first-order valence-corrected chi connectivity index (χ1v) is 5.46. The maximum absolute atomic E-state index is 13.4. The molecular formula is C11H14FN5O. The summed E-state index contributed by atoms with van der Waals surface area (Å²) >= 11 is 0. The van der Waals surface area contributed by atoms with Crippen LogP contribution < -0.4 is 5.73 Å². The van der Waals surface area contributed by atoms with Crippen LogP contribution in [-0.4, -0.2) is 33.4 Å². The number of rotatable bonds is 4. The Bertz CT molecular complexity index is 542. The van der Waals surface area contributed by atoms with Crippen molar-refractivity contribution >= 4 is 5.69 Å². The number of ether oxygens (including phenoxy) is 1. The molecule has 6 nitrogen and oxygen atoms in total. The highest BCUT2D eigenvalue weighted by Crippen LogP contribution is 2.20. The van der Waals surface area contributed by atoms with Crippen LogP contribution in [0.5, 0.6) is 0 Å². The number of nitrogens with zero attached hydrogens (tertiary/aromatic N) is 4. The summed E-state index contributed by atoms with van der Waals surface area (Å²) < 4.78 is 20.1. The van der Waals surface area contributed by atoms with E-state index in [1.807, 2.05) is 6.92 Å². The summed E-state index contributed by atoms with van der Waals surface area (Å²) in [6.45, 7) is 2.39. The zero-order chi connectivity index (χ0) is 13.1. The zero-order valence-corrected chi connectivity index (χ0v) is 10.2. The summed E-state index contributed by atoms with van der Waals surface area (Å²) in [7, 11) is 1.61. The van der Waals surface area contributed by atoms with Crippen LogP contribution in [0, 0.1) is 5.82 Å². The van der Waals surface area contributed by atoms with E-state index in [-0.39, 0.29) is 11.8 Å². The molecule has 0 saturated carbocycles. The fraction of sp³-hybridized carbons (Fsp3) is 0.364. The Morgan fingerprint density at radius 1 is 1.50 bits per heavy atom. The van der Waals surface area contributed by atoms with Gasteiger partial charge in [0.05, 0.1) is 18.3 Å². The Morgan fingerprint density at radius 2 is 2.28 bits per heavy atom. The van der Waals surface area contributed by atoms with Crippen LogP contribution in [0.4, 0.5) is 10.1 Å². The molecule has 7 heteroatoms. The third-order valence-electron chi connectivity index (χ3n) is 2.62. The Hall–Kier alpha value is -2.02. The number of benzene rings is 1. The molecule has 1 atom stereocenters. The minimum atomic E-state index is -0.484. The van der Waals surface area contributed by atoms with Gasteiger partial charge < -0.3 is 10.5 Å². The first kappa shape index (κ1) is 12.4. The third-order valence-corrected chi connectivity index (χ3v) is 2.62. The molecule has 0 aliphatic heterocycles. The lowest BCUT2D eigenvalue weighted by atomic mass is 10.2. The molecule has 0 saturated heterocycles. The van der Waals surface area contributed by atoms with Gasteiger partial charge in [0.2, 0.25) is 0 Å². The number of hydrogen-bond donors (Lipinski definition) is 1. The molecule has 0 amide bonds. The molecule has 1 aromatic heterocycles. The van der Waals surface area contributed by atoms with Crippen LogP contribution in [-0.2, 0) is 11.3 Å². The molecule has 0 aliphatic carbocycles. The van der Waals surface area contributed by atoms with E-state index in [0.717, 1.165) is 0 Å². The molecule has 0 bridgehead atoms. The summed E-state index contributed by atoms with van der Waals surface area (Å²) in [6.07, 6.45) is -0.0362. The van der Waals surface area contributed by atoms with Crippen molar-refractivity contribution in [3.8, 4) is 11.4 Å². The van der Waals surface area contributed by atoms with Crippen molar-refractivity contribution in [3.63, 3.8) is 0 Å². The molecule has 1 heterocycles. The Morgan fingerprint density at radius 3 is 2.94 bits per heavy atom. The Kier molecular flexibility index (Phi) is 3.52. The van der Waals surface area contributed by atoms with Crippen LogP contribution in [0.3, 0.4) is 0 Å². The van der Waals surface area contributed by atoms with E-state index in [0.29, 0.717) is 17.9 Å². The molecule has 0 fully saturated rings. The van der Waals surface area contributed by atoms with Crippen LogP contribution >= 0.6 is 0 Å². The van der Waals surface area contributed by atoms with Gasteiger partial charge in [-0.15, -0.1) is 5.10 Å². The number of nitrogen functional groups attached to an aromatic ring is 1. The zero-order valence-electron chi connectivity index (χ0n) is 10.2. The van der Waals surface area contributed by atoms with Gasteiger partial charge in [0.1, 0.15) is 5.82 Å². The lowest BCUT2D eigenvalue weighted by Gasteiger charge is -2.10. The lowest BCUT2D eigenvalue weighted by Crippen LogP contribution is -2.16. The average molecular weight is 251 g/mol. The molecule has 2 aromatic rings. The van der Waals surface area contributed by atoms with Gasteiger partial charge in [-0.2, -0.15) is 0 Å². The van der Waals surface area contributed by atoms with Gasteiger partial charge in [0.25, 0.3) is 0 Å². The predicted octanol–water partition coefficient (Wildman–Crippen LogP) is 1.10. The second kappa shape index (κ2) is 5.09. The molecule has 96 valence electrons. The second-order valence-electron chi connectivity index (χ2n) is 3.97. The van der Waals surface area contributed by atoms with Crippen LogP contribution in [0.15, 0.2) is 18.2 Å². The summed E-state index contributed by atoms with van der Waals surface area (Å²) in [6, 6.07) is 4.48. The van der Waals surface area contributed by atoms with Crippen molar-refractivity contribution in [2.45, 2.75) is 19.6 Å². The third kappa shape index (κ3) is 2.45. The van der Waals surface area contributed by atoms with E-state index in [2.05, 4.69) is 15.5 Å². The molecule has 1 aromatic carbocycles. The molecular weight excluding hydrogens is 237 g/mol. The molecule has 0 spiro atoms. The fourth-order valence-corrected chi connectivity index (χ4v) is 1.52. The van der Waals surface area contributed by atoms with Crippen LogP contribution in [0.2, 0.25) is 0 Å². The predicted molar refractivity (Wildman–Crippen MR) is 64.1 cm³/mol. The van der Waals surface area contributed by atoms with Crippen molar-refractivity contribution in [1.29, 1.82) is 0 Å². The van der Waals surface area contributed by atoms with Gasteiger partial charge in [0, 0.05) is 12.7 Å². The highest BCUT2D eigenvalue weighted by molar-refractivity contribution is 5.58. The number of hydrogen-bond acceptors (Lipinski definition) is 5. The molecule has 0 radical (unpaired) electrons. The Balaban J connectivity index is 2.33. The summed E-state index contributed by atoms with van der Waals surface area (Å²) in [5.74, 6) is -0.000333. The van der Waals surface area contributed by atoms with E-state index >= 15 is 0 Å². The maximum Gasteiger partial charge on any atom is 0.182 e. The van der Waals surface area contributed by atoms with E-state index < -0.39 is 5.82 Å². The first-order chi connectivity index (χ1) is 8.61. The highest BCUT2D eigenvalue weighted by atomic mass is 19.1. The van der Waals surface area contributed by atoms with Gasteiger partial charge in [-0.05, 0) is 35.5 Å². The highest BCUT2D eigenvalue weighted by Gasteiger charge is 2.12. The summed E-state index contributed by atoms with van der Waals surface area (Å²) in [5.41, 5.74) is 6.11. The quantitative estimate of drug-likeness (QED) is 0.823. The van der Waals surface area contributed by atoms with Crippen molar-refractivity contribution in [1.82, 2.24) is 20.2 Å². The first-order valence-electron chi connectivity index (χ1n) is 5.46. The molecule has 2 rings (SSSR count). The minimum Gasteiger partial charge on any atom is -0.396 e. The number of halogens is 1. The standard InChI is InChI=1S/C11H14FN5O/c1-7(18-2)6-17-11(14-15-16-17)8-3-4-10(13)9(12)5-8/h3-5,7H,6,13H2,1-2H3. The average Bonchev–Trinajstić information content (AvgIpc) is 2.80. The lowest BCUT2D eigenvalue weighted by molar-refractivity contribution is 0.0997. The van der Waals surface area contributed by atoms with Crippen LogP contribution in [0.1, 0.15) is 6.92 Å². The summed E-state index contributed by atoms with van der Waals surface area (Å²) in [4.78, 5) is 0. The fourth-order valence-electron chi connectivity index (χ4n) is 1.52. The molecule has 1 unspecified atom stereocenters. The normalized spacial score (nSPS) is 12.6. The monoisotopic (exact) mass is 251 g/mol. The number of tetrazole rings is 1.